The molecule has 33 heavy (non-hydrogen) atoms. The molecule has 10 heteroatoms. The standard InChI is InChI=1S/C23H20I2N2O6/c1-3-31-20(28)13-33-21-18(24)10-14(11-19(21)25)9-16(12-26)22(29)27-17-7-5-15(6-8-17)23(30)32-4-2/h5-11H,3-4,13H2,1-2H3,(H,27,29)/b16-9+. The molecule has 0 unspecified atom stereocenters. The topological polar surface area (TPSA) is 115 Å². The number of anilines is 1. The van der Waals surface area contributed by atoms with Crippen molar-refractivity contribution in [1.82, 2.24) is 0 Å². The summed E-state index contributed by atoms with van der Waals surface area (Å²) in [6.45, 7) is 3.76. The highest BCUT2D eigenvalue weighted by atomic mass is 127. The van der Waals surface area contributed by atoms with Gasteiger partial charge in [-0.05, 0) is 107 Å². The summed E-state index contributed by atoms with van der Waals surface area (Å²) in [5, 5.41) is 12.1. The largest absolute Gasteiger partial charge is 0.480 e. The first-order valence-corrected chi connectivity index (χ1v) is 11.9. The fraction of sp³-hybridized carbons (Fsp3) is 0.217. The highest BCUT2D eigenvalue weighted by Gasteiger charge is 2.14. The number of carbonyl (C=O) groups excluding carboxylic acids is 3. The zero-order valence-corrected chi connectivity index (χ0v) is 22.1. The van der Waals surface area contributed by atoms with Crippen LogP contribution in [0.4, 0.5) is 5.69 Å². The van der Waals surface area contributed by atoms with Gasteiger partial charge in [0.25, 0.3) is 5.91 Å². The number of nitriles is 1. The molecule has 8 nitrogen and oxygen atoms in total. The predicted octanol–water partition coefficient (Wildman–Crippen LogP) is 4.56. The molecule has 2 aromatic carbocycles. The molecule has 0 radical (unpaired) electrons. The van der Waals surface area contributed by atoms with Gasteiger partial charge in [0.2, 0.25) is 0 Å². The van der Waals surface area contributed by atoms with Gasteiger partial charge in [-0.1, -0.05) is 0 Å². The smallest absolute Gasteiger partial charge is 0.344 e. The van der Waals surface area contributed by atoms with Gasteiger partial charge in [-0.25, -0.2) is 9.59 Å². The van der Waals surface area contributed by atoms with Crippen molar-refractivity contribution in [2.45, 2.75) is 13.8 Å². The Balaban J connectivity index is 2.14. The minimum absolute atomic E-state index is 0.101. The number of rotatable bonds is 9. The summed E-state index contributed by atoms with van der Waals surface area (Å²) in [5.74, 6) is -0.987. The second kappa shape index (κ2) is 13.1. The molecule has 172 valence electrons. The lowest BCUT2D eigenvalue weighted by Gasteiger charge is -2.11. The molecular weight excluding hydrogens is 654 g/mol. The number of carbonyl (C=O) groups is 3. The number of ether oxygens (including phenoxy) is 3. The molecule has 0 saturated heterocycles. The summed E-state index contributed by atoms with van der Waals surface area (Å²) in [6, 6.07) is 11.6. The lowest BCUT2D eigenvalue weighted by molar-refractivity contribution is -0.145. The van der Waals surface area contributed by atoms with Gasteiger partial charge in [0.05, 0.1) is 25.9 Å². The van der Waals surface area contributed by atoms with Crippen molar-refractivity contribution in [2.75, 3.05) is 25.1 Å². The third-order valence-corrected chi connectivity index (χ3v) is 5.59. The van der Waals surface area contributed by atoms with Gasteiger partial charge >= 0.3 is 11.9 Å². The van der Waals surface area contributed by atoms with E-state index in [1.807, 2.05) is 6.07 Å². The van der Waals surface area contributed by atoms with Crippen LogP contribution in [-0.2, 0) is 19.1 Å². The summed E-state index contributed by atoms with van der Waals surface area (Å²) in [4.78, 5) is 35.8. The maximum absolute atomic E-state index is 12.6. The van der Waals surface area contributed by atoms with E-state index in [2.05, 4.69) is 50.5 Å². The third-order valence-electron chi connectivity index (χ3n) is 3.99. The maximum Gasteiger partial charge on any atom is 0.344 e. The number of nitrogens with one attached hydrogen (secondary N) is 1. The second-order valence-electron chi connectivity index (χ2n) is 6.33. The zero-order chi connectivity index (χ0) is 24.4. The fourth-order valence-corrected chi connectivity index (χ4v) is 4.68. The molecule has 0 atom stereocenters. The number of hydrogen-bond acceptors (Lipinski definition) is 7. The van der Waals surface area contributed by atoms with E-state index in [0.717, 1.165) is 0 Å². The van der Waals surface area contributed by atoms with Crippen LogP contribution in [0.1, 0.15) is 29.8 Å². The molecule has 2 rings (SSSR count). The lowest BCUT2D eigenvalue weighted by atomic mass is 10.1. The number of benzene rings is 2. The molecule has 0 aliphatic rings. The van der Waals surface area contributed by atoms with Crippen LogP contribution >= 0.6 is 45.2 Å². The van der Waals surface area contributed by atoms with Crippen LogP contribution in [0.2, 0.25) is 0 Å². The molecule has 0 aliphatic carbocycles. The molecule has 1 amide bonds. The molecule has 0 heterocycles. The monoisotopic (exact) mass is 674 g/mol. The van der Waals surface area contributed by atoms with E-state index in [9.17, 15) is 19.6 Å². The Kier molecular flexibility index (Phi) is 10.6. The molecule has 2 aromatic rings. The van der Waals surface area contributed by atoms with Gasteiger partial charge in [0.1, 0.15) is 17.4 Å². The molecule has 0 bridgehead atoms. The number of esters is 2. The van der Waals surface area contributed by atoms with Crippen LogP contribution in [0.25, 0.3) is 6.08 Å². The average molecular weight is 674 g/mol. The van der Waals surface area contributed by atoms with Crippen molar-refractivity contribution < 1.29 is 28.6 Å². The van der Waals surface area contributed by atoms with Crippen molar-refractivity contribution in [3.05, 3.63) is 60.2 Å². The Bertz CT molecular complexity index is 1080. The third kappa shape index (κ3) is 8.01. The minimum Gasteiger partial charge on any atom is -0.480 e. The summed E-state index contributed by atoms with van der Waals surface area (Å²) in [6.07, 6.45) is 1.46. The first kappa shape index (κ1) is 26.6. The van der Waals surface area contributed by atoms with Crippen molar-refractivity contribution in [3.63, 3.8) is 0 Å². The predicted molar refractivity (Wildman–Crippen MR) is 139 cm³/mol. The normalized spacial score (nSPS) is 10.7. The molecular formula is C23H20I2N2O6. The van der Waals surface area contributed by atoms with Crippen molar-refractivity contribution >= 4 is 74.8 Å². The molecule has 0 aliphatic heterocycles. The summed E-state index contributed by atoms with van der Waals surface area (Å²) in [5.41, 5.74) is 1.31. The number of nitrogens with zero attached hydrogens (tertiary/aromatic N) is 1. The average Bonchev–Trinajstić information content (AvgIpc) is 2.77. The van der Waals surface area contributed by atoms with Gasteiger partial charge < -0.3 is 19.5 Å². The SMILES string of the molecule is CCOC(=O)COc1c(I)cc(/C=C(\C#N)C(=O)Nc2ccc(C(=O)OCC)cc2)cc1I. The lowest BCUT2D eigenvalue weighted by Crippen LogP contribution is -2.15. The molecule has 0 spiro atoms. The van der Waals surface area contributed by atoms with E-state index in [-0.39, 0.29) is 25.4 Å². The van der Waals surface area contributed by atoms with Gasteiger partial charge in [-0.15, -0.1) is 0 Å². The van der Waals surface area contributed by atoms with Crippen LogP contribution in [0.15, 0.2) is 42.0 Å². The molecule has 1 N–H and O–H groups in total. The van der Waals surface area contributed by atoms with Gasteiger partial charge in [-0.2, -0.15) is 5.26 Å². The van der Waals surface area contributed by atoms with Crippen LogP contribution in [-0.4, -0.2) is 37.7 Å². The first-order chi connectivity index (χ1) is 15.8. The molecule has 0 aromatic heterocycles. The van der Waals surface area contributed by atoms with E-state index < -0.39 is 17.8 Å². The van der Waals surface area contributed by atoms with Gasteiger partial charge in [0.15, 0.2) is 6.61 Å². The Labute approximate surface area is 218 Å². The van der Waals surface area contributed by atoms with Gasteiger partial charge in [-0.3, -0.25) is 4.79 Å². The zero-order valence-electron chi connectivity index (χ0n) is 17.8. The van der Waals surface area contributed by atoms with E-state index in [0.29, 0.717) is 29.7 Å². The summed E-state index contributed by atoms with van der Waals surface area (Å²) in [7, 11) is 0. The first-order valence-electron chi connectivity index (χ1n) is 9.76. The quantitative estimate of drug-likeness (QED) is 0.180. The van der Waals surface area contributed by atoms with E-state index in [4.69, 9.17) is 14.2 Å². The highest BCUT2D eigenvalue weighted by Crippen LogP contribution is 2.30. The van der Waals surface area contributed by atoms with Crippen molar-refractivity contribution in [1.29, 1.82) is 5.26 Å². The molecule has 0 saturated carbocycles. The van der Waals surface area contributed by atoms with Crippen LogP contribution in [0.5, 0.6) is 5.75 Å². The number of hydrogen-bond donors (Lipinski definition) is 1. The number of halogens is 2. The highest BCUT2D eigenvalue weighted by molar-refractivity contribution is 14.1. The Morgan fingerprint density at radius 1 is 1.03 bits per heavy atom. The Morgan fingerprint density at radius 2 is 1.64 bits per heavy atom. The second-order valence-corrected chi connectivity index (χ2v) is 8.65. The summed E-state index contributed by atoms with van der Waals surface area (Å²) >= 11 is 4.11. The van der Waals surface area contributed by atoms with E-state index in [1.165, 1.54) is 18.2 Å². The maximum atomic E-state index is 12.6. The van der Waals surface area contributed by atoms with Crippen LogP contribution in [0, 0.1) is 18.5 Å². The van der Waals surface area contributed by atoms with Gasteiger partial charge in [0, 0.05) is 5.69 Å². The molecule has 0 fully saturated rings. The van der Waals surface area contributed by atoms with Crippen molar-refractivity contribution in [2.24, 2.45) is 0 Å². The van der Waals surface area contributed by atoms with E-state index in [1.54, 1.807) is 38.1 Å². The van der Waals surface area contributed by atoms with E-state index >= 15 is 0 Å². The van der Waals surface area contributed by atoms with Crippen LogP contribution in [0.3, 0.4) is 0 Å². The minimum atomic E-state index is -0.589. The Morgan fingerprint density at radius 3 is 2.18 bits per heavy atom. The number of amides is 1. The Hall–Kier alpha value is -2.66. The van der Waals surface area contributed by atoms with Crippen LogP contribution < -0.4 is 10.1 Å². The van der Waals surface area contributed by atoms with Crippen molar-refractivity contribution in [3.8, 4) is 11.8 Å². The fourth-order valence-electron chi connectivity index (χ4n) is 2.55. The summed E-state index contributed by atoms with van der Waals surface area (Å²) < 4.78 is 16.8.